The highest BCUT2D eigenvalue weighted by Gasteiger charge is 2.18. The fourth-order valence-corrected chi connectivity index (χ4v) is 6.65. The molecule has 0 saturated heterocycles. The molecular formula is C35H24N2S. The van der Waals surface area contributed by atoms with Crippen molar-refractivity contribution in [1.29, 1.82) is 0 Å². The van der Waals surface area contributed by atoms with Gasteiger partial charge in [0.05, 0.1) is 22.4 Å². The van der Waals surface area contributed by atoms with E-state index in [1.165, 1.54) is 36.7 Å². The lowest BCUT2D eigenvalue weighted by molar-refractivity contribution is 1.30. The smallest absolute Gasteiger partial charge is 0.0979 e. The third-order valence-electron chi connectivity index (χ3n) is 7.16. The molecule has 0 aliphatic heterocycles. The Bertz CT molecular complexity index is 2050. The highest BCUT2D eigenvalue weighted by atomic mass is 32.1. The van der Waals surface area contributed by atoms with Gasteiger partial charge in [-0.15, -0.1) is 11.3 Å². The minimum atomic E-state index is 0.894. The first-order valence-electron chi connectivity index (χ1n) is 12.8. The molecule has 0 atom stereocenters. The van der Waals surface area contributed by atoms with Crippen molar-refractivity contribution in [2.24, 2.45) is 0 Å². The maximum atomic E-state index is 5.30. The highest BCUT2D eigenvalue weighted by molar-refractivity contribution is 7.20. The van der Waals surface area contributed by atoms with E-state index in [9.17, 15) is 0 Å². The zero-order valence-electron chi connectivity index (χ0n) is 21.0. The van der Waals surface area contributed by atoms with Gasteiger partial charge in [-0.25, -0.2) is 9.97 Å². The van der Waals surface area contributed by atoms with E-state index in [2.05, 4.69) is 117 Å². The van der Waals surface area contributed by atoms with Crippen molar-refractivity contribution in [3.63, 3.8) is 0 Å². The molecule has 0 fully saturated rings. The van der Waals surface area contributed by atoms with Gasteiger partial charge in [0, 0.05) is 37.0 Å². The number of fused-ring (bicyclic) bond motifs is 6. The van der Waals surface area contributed by atoms with E-state index in [1.807, 2.05) is 12.1 Å². The van der Waals surface area contributed by atoms with E-state index in [1.54, 1.807) is 11.3 Å². The largest absolute Gasteiger partial charge is 0.244 e. The predicted molar refractivity (Wildman–Crippen MR) is 166 cm³/mol. The molecule has 180 valence electrons. The number of allylic oxidation sites excluding steroid dienone is 1. The van der Waals surface area contributed by atoms with Crippen molar-refractivity contribution in [2.75, 3.05) is 0 Å². The molecule has 0 unspecified atom stereocenters. The van der Waals surface area contributed by atoms with Crippen molar-refractivity contribution in [3.05, 3.63) is 120 Å². The van der Waals surface area contributed by atoms with Gasteiger partial charge < -0.3 is 0 Å². The number of aromatic nitrogens is 2. The lowest BCUT2D eigenvalue weighted by Gasteiger charge is -2.14. The molecular weight excluding hydrogens is 480 g/mol. The Balaban J connectivity index is 1.59. The quantitative estimate of drug-likeness (QED) is 0.223. The molecule has 0 amide bonds. The van der Waals surface area contributed by atoms with Crippen LogP contribution in [0.5, 0.6) is 0 Å². The highest BCUT2D eigenvalue weighted by Crippen LogP contribution is 2.42. The van der Waals surface area contributed by atoms with Gasteiger partial charge in [0.15, 0.2) is 0 Å². The van der Waals surface area contributed by atoms with Crippen LogP contribution in [0.15, 0.2) is 110 Å². The molecule has 5 aromatic carbocycles. The monoisotopic (exact) mass is 504 g/mol. The first kappa shape index (κ1) is 22.6. The number of rotatable bonds is 4. The third kappa shape index (κ3) is 3.47. The van der Waals surface area contributed by atoms with Crippen molar-refractivity contribution in [3.8, 4) is 22.5 Å². The van der Waals surface area contributed by atoms with Gasteiger partial charge in [0.2, 0.25) is 0 Å². The average molecular weight is 505 g/mol. The van der Waals surface area contributed by atoms with Crippen LogP contribution in [-0.2, 0) is 0 Å². The van der Waals surface area contributed by atoms with E-state index < -0.39 is 0 Å². The molecule has 7 aromatic rings. The summed E-state index contributed by atoms with van der Waals surface area (Å²) in [5.41, 5.74) is 6.94. The summed E-state index contributed by atoms with van der Waals surface area (Å²) in [6.45, 7) is 6.20. The van der Waals surface area contributed by atoms with E-state index in [-0.39, 0.29) is 0 Å². The third-order valence-corrected chi connectivity index (χ3v) is 8.30. The Hall–Kier alpha value is -4.60. The summed E-state index contributed by atoms with van der Waals surface area (Å²) in [5, 5.41) is 5.91. The number of benzene rings is 5. The summed E-state index contributed by atoms with van der Waals surface area (Å²) in [5.74, 6) is 0. The predicted octanol–water partition coefficient (Wildman–Crippen LogP) is 10.2. The zero-order valence-corrected chi connectivity index (χ0v) is 21.8. The first-order chi connectivity index (χ1) is 18.8. The van der Waals surface area contributed by atoms with E-state index in [4.69, 9.17) is 9.97 Å². The Morgan fingerprint density at radius 3 is 2.37 bits per heavy atom. The van der Waals surface area contributed by atoms with Crippen LogP contribution in [0.3, 0.4) is 0 Å². The summed E-state index contributed by atoms with van der Waals surface area (Å²) >= 11 is 1.81. The van der Waals surface area contributed by atoms with Crippen molar-refractivity contribution < 1.29 is 0 Å². The van der Waals surface area contributed by atoms with Crippen LogP contribution in [0, 0.1) is 0 Å². The molecule has 0 bridgehead atoms. The van der Waals surface area contributed by atoms with Crippen LogP contribution in [0.1, 0.15) is 17.4 Å². The van der Waals surface area contributed by atoms with Crippen molar-refractivity contribution >= 4 is 66.2 Å². The normalized spacial score (nSPS) is 11.8. The summed E-state index contributed by atoms with van der Waals surface area (Å²) in [6.07, 6.45) is 6.24. The molecule has 0 aliphatic rings. The lowest BCUT2D eigenvalue weighted by Crippen LogP contribution is -1.97. The Labute approximate surface area is 225 Å². The zero-order chi connectivity index (χ0) is 25.6. The number of hydrogen-bond acceptors (Lipinski definition) is 3. The topological polar surface area (TPSA) is 25.8 Å². The molecule has 0 radical (unpaired) electrons. The van der Waals surface area contributed by atoms with Gasteiger partial charge in [0.25, 0.3) is 0 Å². The Morgan fingerprint density at radius 1 is 0.711 bits per heavy atom. The number of thiophene rings is 1. The van der Waals surface area contributed by atoms with Gasteiger partial charge in [-0.3, -0.25) is 0 Å². The maximum Gasteiger partial charge on any atom is 0.0979 e. The molecule has 2 heterocycles. The SMILES string of the molecule is C=Cc1c(/C=C\C)sc2ccc3c(-c4nc5ccc6ccccc6c5nc4-c4ccccc4)cccc3c12. The standard InChI is InChI=1S/C35H24N2S/c1-3-11-30-24(4-2)32-27-16-10-17-28(26(27)19-21-31(32)38-30)35-33(23-13-6-5-7-14-23)37-34-25-15-9-8-12-22(25)18-20-29(34)36-35/h3-21H,2H2,1H3/b11-3-. The van der Waals surface area contributed by atoms with Crippen LogP contribution in [0.4, 0.5) is 0 Å². The summed E-state index contributed by atoms with van der Waals surface area (Å²) in [4.78, 5) is 11.8. The van der Waals surface area contributed by atoms with Crippen molar-refractivity contribution in [1.82, 2.24) is 9.97 Å². The fraction of sp³-hybridized carbons (Fsp3) is 0.0286. The van der Waals surface area contributed by atoms with E-state index in [0.717, 1.165) is 38.9 Å². The van der Waals surface area contributed by atoms with Gasteiger partial charge in [-0.1, -0.05) is 104 Å². The van der Waals surface area contributed by atoms with Crippen LogP contribution >= 0.6 is 11.3 Å². The van der Waals surface area contributed by atoms with Crippen molar-refractivity contribution in [2.45, 2.75) is 6.92 Å². The molecule has 3 heteroatoms. The van der Waals surface area contributed by atoms with Crippen LogP contribution < -0.4 is 0 Å². The van der Waals surface area contributed by atoms with Crippen LogP contribution in [0.25, 0.3) is 77.3 Å². The first-order valence-corrected chi connectivity index (χ1v) is 13.6. The lowest BCUT2D eigenvalue weighted by atomic mass is 9.95. The number of hydrogen-bond donors (Lipinski definition) is 0. The molecule has 38 heavy (non-hydrogen) atoms. The minimum absolute atomic E-state index is 0.894. The number of nitrogens with zero attached hydrogens (tertiary/aromatic N) is 2. The molecule has 0 N–H and O–H groups in total. The molecule has 2 aromatic heterocycles. The van der Waals surface area contributed by atoms with Gasteiger partial charge in [-0.05, 0) is 41.3 Å². The van der Waals surface area contributed by atoms with E-state index in [0.29, 0.717) is 0 Å². The molecule has 0 spiro atoms. The van der Waals surface area contributed by atoms with E-state index >= 15 is 0 Å². The minimum Gasteiger partial charge on any atom is -0.244 e. The second-order valence-electron chi connectivity index (χ2n) is 9.36. The Kier molecular flexibility index (Phi) is 5.38. The summed E-state index contributed by atoms with van der Waals surface area (Å²) < 4.78 is 1.26. The van der Waals surface area contributed by atoms with Gasteiger partial charge in [-0.2, -0.15) is 0 Å². The van der Waals surface area contributed by atoms with Crippen LogP contribution in [0.2, 0.25) is 0 Å². The van der Waals surface area contributed by atoms with Gasteiger partial charge in [0.1, 0.15) is 0 Å². The second kappa shape index (κ2) is 9.05. The second-order valence-corrected chi connectivity index (χ2v) is 10.4. The molecule has 7 rings (SSSR count). The van der Waals surface area contributed by atoms with Gasteiger partial charge >= 0.3 is 0 Å². The molecule has 0 aliphatic carbocycles. The summed E-state index contributed by atoms with van der Waals surface area (Å²) in [7, 11) is 0. The maximum absolute atomic E-state index is 5.30. The fourth-order valence-electron chi connectivity index (χ4n) is 5.46. The molecule has 2 nitrogen and oxygen atoms in total. The molecule has 0 saturated carbocycles. The Morgan fingerprint density at radius 2 is 1.53 bits per heavy atom. The average Bonchev–Trinajstić information content (AvgIpc) is 3.34. The summed E-state index contributed by atoms with van der Waals surface area (Å²) in [6, 6.07) is 34.0. The van der Waals surface area contributed by atoms with Crippen LogP contribution in [-0.4, -0.2) is 9.97 Å².